The maximum absolute atomic E-state index is 5.82. The van der Waals surface area contributed by atoms with Crippen molar-refractivity contribution in [1.82, 2.24) is 0 Å². The van der Waals surface area contributed by atoms with Gasteiger partial charge in [0, 0.05) is 12.1 Å². The molecule has 2 aromatic rings. The van der Waals surface area contributed by atoms with Crippen molar-refractivity contribution < 1.29 is 9.47 Å². The van der Waals surface area contributed by atoms with Gasteiger partial charge in [0.25, 0.3) is 0 Å². The number of hydrogen-bond acceptors (Lipinski definition) is 3. The SMILES string of the molecule is COc1ccccc1Oc1ccccc1CN.Cl. The summed E-state index contributed by atoms with van der Waals surface area (Å²) in [5.74, 6) is 2.16. The Bertz CT molecular complexity index is 457. The van der Waals surface area contributed by atoms with Crippen LogP contribution in [0.1, 0.15) is 5.56 Å². The van der Waals surface area contributed by atoms with Crippen LogP contribution in [0.4, 0.5) is 0 Å². The Labute approximate surface area is 113 Å². The number of para-hydroxylation sites is 3. The normalized spacial score (nSPS) is 9.44. The summed E-state index contributed by atoms with van der Waals surface area (Å²) in [6.45, 7) is 0.450. The van der Waals surface area contributed by atoms with Gasteiger partial charge in [-0.05, 0) is 18.2 Å². The number of ether oxygens (including phenoxy) is 2. The zero-order valence-electron chi connectivity index (χ0n) is 10.1. The topological polar surface area (TPSA) is 44.5 Å². The van der Waals surface area contributed by atoms with Crippen LogP contribution < -0.4 is 15.2 Å². The largest absolute Gasteiger partial charge is 0.493 e. The zero-order chi connectivity index (χ0) is 12.1. The maximum Gasteiger partial charge on any atom is 0.169 e. The van der Waals surface area contributed by atoms with Crippen LogP contribution >= 0.6 is 12.4 Å². The fourth-order valence-corrected chi connectivity index (χ4v) is 1.59. The molecule has 0 amide bonds. The van der Waals surface area contributed by atoms with Gasteiger partial charge in [0.05, 0.1) is 7.11 Å². The van der Waals surface area contributed by atoms with Crippen LogP contribution in [-0.4, -0.2) is 7.11 Å². The molecular formula is C14H16ClNO2. The fourth-order valence-electron chi connectivity index (χ4n) is 1.59. The Kier molecular flexibility index (Phi) is 5.49. The van der Waals surface area contributed by atoms with Crippen LogP contribution in [0.5, 0.6) is 17.2 Å². The molecule has 96 valence electrons. The van der Waals surface area contributed by atoms with Gasteiger partial charge in [-0.3, -0.25) is 0 Å². The van der Waals surface area contributed by atoms with Gasteiger partial charge in [0.1, 0.15) is 5.75 Å². The van der Waals surface area contributed by atoms with Crippen LogP contribution in [0.25, 0.3) is 0 Å². The molecule has 2 N–H and O–H groups in total. The second kappa shape index (κ2) is 6.89. The number of halogens is 1. The Morgan fingerprint density at radius 1 is 0.889 bits per heavy atom. The molecule has 0 fully saturated rings. The third-order valence-electron chi connectivity index (χ3n) is 2.48. The molecule has 2 aromatic carbocycles. The summed E-state index contributed by atoms with van der Waals surface area (Å²) in [5.41, 5.74) is 6.63. The lowest BCUT2D eigenvalue weighted by molar-refractivity contribution is 0.377. The van der Waals surface area contributed by atoms with Gasteiger partial charge in [-0.25, -0.2) is 0 Å². The first kappa shape index (κ1) is 14.4. The average molecular weight is 266 g/mol. The van der Waals surface area contributed by atoms with Crippen LogP contribution in [0.2, 0.25) is 0 Å². The summed E-state index contributed by atoms with van der Waals surface area (Å²) in [6, 6.07) is 15.2. The van der Waals surface area contributed by atoms with Crippen molar-refractivity contribution in [3.8, 4) is 17.2 Å². The van der Waals surface area contributed by atoms with Crippen molar-refractivity contribution in [3.63, 3.8) is 0 Å². The van der Waals surface area contributed by atoms with Gasteiger partial charge < -0.3 is 15.2 Å². The molecule has 18 heavy (non-hydrogen) atoms. The van der Waals surface area contributed by atoms with Gasteiger partial charge in [-0.1, -0.05) is 30.3 Å². The summed E-state index contributed by atoms with van der Waals surface area (Å²) in [6.07, 6.45) is 0. The number of rotatable bonds is 4. The minimum atomic E-state index is 0. The molecule has 0 aliphatic rings. The minimum Gasteiger partial charge on any atom is -0.493 e. The van der Waals surface area contributed by atoms with Gasteiger partial charge in [0.2, 0.25) is 0 Å². The predicted octanol–water partition coefficient (Wildman–Crippen LogP) is 3.37. The predicted molar refractivity (Wildman–Crippen MR) is 74.6 cm³/mol. The molecule has 0 unspecified atom stereocenters. The molecule has 0 radical (unpaired) electrons. The second-order valence-corrected chi connectivity index (χ2v) is 3.56. The summed E-state index contributed by atoms with van der Waals surface area (Å²) in [5, 5.41) is 0. The molecule has 0 aromatic heterocycles. The van der Waals surface area contributed by atoms with Crippen molar-refractivity contribution in [2.75, 3.05) is 7.11 Å². The van der Waals surface area contributed by atoms with E-state index in [1.807, 2.05) is 48.5 Å². The van der Waals surface area contributed by atoms with Gasteiger partial charge in [-0.2, -0.15) is 0 Å². The van der Waals surface area contributed by atoms with Crippen molar-refractivity contribution in [1.29, 1.82) is 0 Å². The van der Waals surface area contributed by atoms with Crippen molar-refractivity contribution in [2.24, 2.45) is 5.73 Å². The number of nitrogens with two attached hydrogens (primary N) is 1. The Morgan fingerprint density at radius 2 is 1.44 bits per heavy atom. The molecule has 0 bridgehead atoms. The Morgan fingerprint density at radius 3 is 2.06 bits per heavy atom. The van der Waals surface area contributed by atoms with Crippen LogP contribution in [0.3, 0.4) is 0 Å². The van der Waals surface area contributed by atoms with Crippen LogP contribution in [0.15, 0.2) is 48.5 Å². The lowest BCUT2D eigenvalue weighted by Gasteiger charge is -2.12. The van der Waals surface area contributed by atoms with E-state index in [2.05, 4.69) is 0 Å². The molecule has 0 spiro atoms. The monoisotopic (exact) mass is 265 g/mol. The maximum atomic E-state index is 5.82. The van der Waals surface area contributed by atoms with E-state index in [1.54, 1.807) is 7.11 Å². The summed E-state index contributed by atoms with van der Waals surface area (Å²) in [7, 11) is 1.62. The molecule has 0 saturated heterocycles. The highest BCUT2D eigenvalue weighted by Crippen LogP contribution is 2.32. The molecule has 4 heteroatoms. The molecule has 0 aliphatic heterocycles. The quantitative estimate of drug-likeness (QED) is 0.922. The highest BCUT2D eigenvalue weighted by molar-refractivity contribution is 5.85. The standard InChI is InChI=1S/C14H15NO2.ClH/c1-16-13-8-4-5-9-14(13)17-12-7-3-2-6-11(12)10-15;/h2-9H,10,15H2,1H3;1H. The third kappa shape index (κ3) is 3.15. The zero-order valence-corrected chi connectivity index (χ0v) is 10.9. The molecule has 3 nitrogen and oxygen atoms in total. The minimum absolute atomic E-state index is 0. The summed E-state index contributed by atoms with van der Waals surface area (Å²) in [4.78, 5) is 0. The fraction of sp³-hybridized carbons (Fsp3) is 0.143. The molecule has 0 aliphatic carbocycles. The lowest BCUT2D eigenvalue weighted by atomic mass is 10.2. The molecule has 0 atom stereocenters. The smallest absolute Gasteiger partial charge is 0.169 e. The van der Waals surface area contributed by atoms with Gasteiger partial charge in [0.15, 0.2) is 11.5 Å². The molecular weight excluding hydrogens is 250 g/mol. The van der Waals surface area contributed by atoms with E-state index in [0.29, 0.717) is 18.0 Å². The second-order valence-electron chi connectivity index (χ2n) is 3.56. The van der Waals surface area contributed by atoms with Crippen molar-refractivity contribution in [2.45, 2.75) is 6.54 Å². The van der Waals surface area contributed by atoms with Crippen molar-refractivity contribution >= 4 is 12.4 Å². The third-order valence-corrected chi connectivity index (χ3v) is 2.48. The van der Waals surface area contributed by atoms with Crippen molar-refractivity contribution in [3.05, 3.63) is 54.1 Å². The van der Waals surface area contributed by atoms with Gasteiger partial charge in [-0.15, -0.1) is 12.4 Å². The average Bonchev–Trinajstić information content (AvgIpc) is 2.40. The van der Waals surface area contributed by atoms with E-state index in [-0.39, 0.29) is 12.4 Å². The van der Waals surface area contributed by atoms with E-state index in [1.165, 1.54) is 0 Å². The molecule has 0 heterocycles. The summed E-state index contributed by atoms with van der Waals surface area (Å²) >= 11 is 0. The van der Waals surface area contributed by atoms with E-state index in [9.17, 15) is 0 Å². The first-order valence-electron chi connectivity index (χ1n) is 5.44. The highest BCUT2D eigenvalue weighted by atomic mass is 35.5. The Balaban J connectivity index is 0.00000162. The highest BCUT2D eigenvalue weighted by Gasteiger charge is 2.06. The number of hydrogen-bond donors (Lipinski definition) is 1. The first-order valence-corrected chi connectivity index (χ1v) is 5.44. The summed E-state index contributed by atoms with van der Waals surface area (Å²) < 4.78 is 11.1. The molecule has 0 saturated carbocycles. The Hall–Kier alpha value is -1.71. The van der Waals surface area contributed by atoms with E-state index in [0.717, 1.165) is 11.3 Å². The number of methoxy groups -OCH3 is 1. The number of benzene rings is 2. The van der Waals surface area contributed by atoms with Gasteiger partial charge >= 0.3 is 0 Å². The lowest BCUT2D eigenvalue weighted by Crippen LogP contribution is -1.99. The van der Waals surface area contributed by atoms with Crippen LogP contribution in [-0.2, 0) is 6.54 Å². The van der Waals surface area contributed by atoms with Crippen LogP contribution in [0, 0.1) is 0 Å². The molecule has 2 rings (SSSR count). The van der Waals surface area contributed by atoms with E-state index >= 15 is 0 Å². The van der Waals surface area contributed by atoms with E-state index < -0.39 is 0 Å². The van der Waals surface area contributed by atoms with E-state index in [4.69, 9.17) is 15.2 Å². The first-order chi connectivity index (χ1) is 8.35.